The van der Waals surface area contributed by atoms with Gasteiger partial charge in [-0.2, -0.15) is 0 Å². The van der Waals surface area contributed by atoms with Crippen LogP contribution in [0.5, 0.6) is 0 Å². The van der Waals surface area contributed by atoms with Gasteiger partial charge in [-0.3, -0.25) is 4.79 Å². The molecule has 2 N–H and O–H groups in total. The van der Waals surface area contributed by atoms with Crippen LogP contribution in [-0.2, 0) is 4.79 Å². The molecule has 0 aromatic heterocycles. The van der Waals surface area contributed by atoms with Gasteiger partial charge in [-0.05, 0) is 70.7 Å². The molecule has 1 saturated heterocycles. The van der Waals surface area contributed by atoms with E-state index in [9.17, 15) is 9.59 Å². The highest BCUT2D eigenvalue weighted by Crippen LogP contribution is 2.21. The summed E-state index contributed by atoms with van der Waals surface area (Å²) < 4.78 is 0. The Morgan fingerprint density at radius 3 is 2.30 bits per heavy atom. The summed E-state index contributed by atoms with van der Waals surface area (Å²) in [6, 6.07) is 5.34. The predicted octanol–water partition coefficient (Wildman–Crippen LogP) is 3.21. The Morgan fingerprint density at radius 1 is 1.13 bits per heavy atom. The zero-order chi connectivity index (χ0) is 17.2. The Hall–Kier alpha value is -2.04. The van der Waals surface area contributed by atoms with Crippen LogP contribution in [-0.4, -0.2) is 35.0 Å². The second-order valence-corrected chi connectivity index (χ2v) is 7.40. The summed E-state index contributed by atoms with van der Waals surface area (Å²) in [5.41, 5.74) is 2.68. The summed E-state index contributed by atoms with van der Waals surface area (Å²) in [5, 5.41) is 5.89. The molecule has 0 spiro atoms. The van der Waals surface area contributed by atoms with Crippen molar-refractivity contribution in [3.05, 3.63) is 29.3 Å². The van der Waals surface area contributed by atoms with Crippen molar-refractivity contribution in [3.63, 3.8) is 0 Å². The van der Waals surface area contributed by atoms with Gasteiger partial charge in [0.1, 0.15) is 6.04 Å². The second-order valence-electron chi connectivity index (χ2n) is 7.40. The number of nitrogens with one attached hydrogen (secondary N) is 2. The highest BCUT2D eigenvalue weighted by Gasteiger charge is 2.35. The molecule has 2 rings (SSSR count). The van der Waals surface area contributed by atoms with Crippen molar-refractivity contribution in [2.24, 2.45) is 0 Å². The van der Waals surface area contributed by atoms with Crippen LogP contribution >= 0.6 is 0 Å². The minimum atomic E-state index is -0.389. The lowest BCUT2D eigenvalue weighted by molar-refractivity contribution is -0.126. The molecule has 0 unspecified atom stereocenters. The predicted molar refractivity (Wildman–Crippen MR) is 92.6 cm³/mol. The Balaban J connectivity index is 2.07. The van der Waals surface area contributed by atoms with E-state index in [0.717, 1.165) is 23.2 Å². The summed E-state index contributed by atoms with van der Waals surface area (Å²) in [6.07, 6.45) is 1.56. The maximum atomic E-state index is 12.6. The van der Waals surface area contributed by atoms with Gasteiger partial charge >= 0.3 is 6.03 Å². The van der Waals surface area contributed by atoms with Crippen molar-refractivity contribution in [2.45, 2.75) is 59.0 Å². The van der Waals surface area contributed by atoms with Gasteiger partial charge in [0.15, 0.2) is 0 Å². The topological polar surface area (TPSA) is 61.4 Å². The molecule has 5 heteroatoms. The highest BCUT2D eigenvalue weighted by atomic mass is 16.2. The van der Waals surface area contributed by atoms with E-state index in [1.165, 1.54) is 0 Å². The van der Waals surface area contributed by atoms with Crippen LogP contribution in [0.15, 0.2) is 18.2 Å². The normalized spacial score (nSPS) is 18.0. The third-order valence-corrected chi connectivity index (χ3v) is 3.79. The van der Waals surface area contributed by atoms with Crippen LogP contribution in [0.4, 0.5) is 10.5 Å². The summed E-state index contributed by atoms with van der Waals surface area (Å²) in [4.78, 5) is 26.6. The number of amides is 3. The fourth-order valence-electron chi connectivity index (χ4n) is 2.98. The van der Waals surface area contributed by atoms with Crippen molar-refractivity contribution in [1.82, 2.24) is 10.2 Å². The molecular weight excluding hydrogens is 290 g/mol. The number of hydrogen-bond donors (Lipinski definition) is 2. The molecule has 0 saturated carbocycles. The van der Waals surface area contributed by atoms with Crippen LogP contribution in [0.25, 0.3) is 0 Å². The quantitative estimate of drug-likeness (QED) is 0.880. The summed E-state index contributed by atoms with van der Waals surface area (Å²) in [7, 11) is 0. The third-order valence-electron chi connectivity index (χ3n) is 3.79. The van der Waals surface area contributed by atoms with Gasteiger partial charge < -0.3 is 15.5 Å². The first-order valence-corrected chi connectivity index (χ1v) is 8.14. The molecule has 1 aromatic rings. The van der Waals surface area contributed by atoms with E-state index < -0.39 is 0 Å². The van der Waals surface area contributed by atoms with Crippen LogP contribution in [0.3, 0.4) is 0 Å². The number of anilines is 1. The average Bonchev–Trinajstić information content (AvgIpc) is 2.84. The number of aryl methyl sites for hydroxylation is 2. The molecule has 5 nitrogen and oxygen atoms in total. The minimum absolute atomic E-state index is 0.0782. The number of benzene rings is 1. The summed E-state index contributed by atoms with van der Waals surface area (Å²) in [6.45, 7) is 10.4. The van der Waals surface area contributed by atoms with Crippen LogP contribution < -0.4 is 10.6 Å². The van der Waals surface area contributed by atoms with E-state index in [0.29, 0.717) is 13.0 Å². The molecule has 23 heavy (non-hydrogen) atoms. The molecule has 1 fully saturated rings. The number of hydrogen-bond acceptors (Lipinski definition) is 2. The average molecular weight is 317 g/mol. The van der Waals surface area contributed by atoms with Crippen molar-refractivity contribution in [2.75, 3.05) is 11.9 Å². The molecule has 0 bridgehead atoms. The Labute approximate surface area is 138 Å². The largest absolute Gasteiger partial charge is 0.350 e. The molecule has 1 aliphatic heterocycles. The van der Waals surface area contributed by atoms with E-state index in [1.54, 1.807) is 4.90 Å². The fraction of sp³-hybridized carbons (Fsp3) is 0.556. The van der Waals surface area contributed by atoms with Gasteiger partial charge in [0.25, 0.3) is 0 Å². The van der Waals surface area contributed by atoms with Gasteiger partial charge in [-0.25, -0.2) is 4.79 Å². The van der Waals surface area contributed by atoms with E-state index in [1.807, 2.05) is 46.8 Å². The third kappa shape index (κ3) is 4.71. The smallest absolute Gasteiger partial charge is 0.322 e. The van der Waals surface area contributed by atoms with Crippen LogP contribution in [0.1, 0.15) is 44.7 Å². The van der Waals surface area contributed by atoms with Gasteiger partial charge in [-0.15, -0.1) is 0 Å². The number of likely N-dealkylation sites (tertiary alicyclic amines) is 1. The van der Waals surface area contributed by atoms with E-state index in [2.05, 4.69) is 16.7 Å². The van der Waals surface area contributed by atoms with E-state index >= 15 is 0 Å². The first kappa shape index (κ1) is 17.3. The van der Waals surface area contributed by atoms with Crippen molar-refractivity contribution in [1.29, 1.82) is 0 Å². The van der Waals surface area contributed by atoms with Gasteiger partial charge in [-0.1, -0.05) is 6.07 Å². The number of carbonyl (C=O) groups excluding carboxylic acids is 2. The van der Waals surface area contributed by atoms with Crippen LogP contribution in [0, 0.1) is 13.8 Å². The minimum Gasteiger partial charge on any atom is -0.350 e. The molecule has 126 valence electrons. The van der Waals surface area contributed by atoms with E-state index in [-0.39, 0.29) is 23.5 Å². The number of urea groups is 1. The molecule has 1 aliphatic rings. The molecule has 0 radical (unpaired) electrons. The highest BCUT2D eigenvalue weighted by molar-refractivity contribution is 5.94. The zero-order valence-corrected chi connectivity index (χ0v) is 14.7. The number of carbonyl (C=O) groups is 2. The number of rotatable bonds is 2. The summed E-state index contributed by atoms with van der Waals surface area (Å²) >= 11 is 0. The lowest BCUT2D eigenvalue weighted by atomic mass is 10.1. The maximum Gasteiger partial charge on any atom is 0.322 e. The van der Waals surface area contributed by atoms with Gasteiger partial charge in [0.05, 0.1) is 0 Å². The zero-order valence-electron chi connectivity index (χ0n) is 14.7. The maximum absolute atomic E-state index is 12.6. The monoisotopic (exact) mass is 317 g/mol. The molecule has 1 atom stereocenters. The Morgan fingerprint density at radius 2 is 1.74 bits per heavy atom. The van der Waals surface area contributed by atoms with E-state index in [4.69, 9.17) is 0 Å². The fourth-order valence-corrected chi connectivity index (χ4v) is 2.98. The Kier molecular flexibility index (Phi) is 4.97. The van der Waals surface area contributed by atoms with Gasteiger partial charge in [0.2, 0.25) is 5.91 Å². The standard InChI is InChI=1S/C18H27N3O2/c1-12-9-13(2)11-14(10-12)19-17(23)21-8-6-7-15(21)16(22)20-18(3,4)5/h9-11,15H,6-8H2,1-5H3,(H,19,23)(H,20,22)/t15-/m0/s1. The number of nitrogens with zero attached hydrogens (tertiary/aromatic N) is 1. The van der Waals surface area contributed by atoms with Crippen LogP contribution in [0.2, 0.25) is 0 Å². The van der Waals surface area contributed by atoms with Gasteiger partial charge in [0, 0.05) is 17.8 Å². The first-order chi connectivity index (χ1) is 10.7. The van der Waals surface area contributed by atoms with Crippen molar-refractivity contribution in [3.8, 4) is 0 Å². The van der Waals surface area contributed by atoms with Crippen molar-refractivity contribution >= 4 is 17.6 Å². The molecule has 0 aliphatic carbocycles. The lowest BCUT2D eigenvalue weighted by Crippen LogP contribution is -2.52. The molecule has 1 aromatic carbocycles. The second kappa shape index (κ2) is 6.60. The Bertz CT molecular complexity index is 585. The first-order valence-electron chi connectivity index (χ1n) is 8.14. The SMILES string of the molecule is Cc1cc(C)cc(NC(=O)N2CCC[C@H]2C(=O)NC(C)(C)C)c1. The summed E-state index contributed by atoms with van der Waals surface area (Å²) in [5.74, 6) is -0.0782. The van der Waals surface area contributed by atoms with Crippen molar-refractivity contribution < 1.29 is 9.59 Å². The molecular formula is C18H27N3O2. The molecule has 1 heterocycles. The lowest BCUT2D eigenvalue weighted by Gasteiger charge is -2.28. The molecule has 3 amide bonds.